The van der Waals surface area contributed by atoms with Crippen molar-refractivity contribution in [1.29, 1.82) is 0 Å². The summed E-state index contributed by atoms with van der Waals surface area (Å²) in [5.41, 5.74) is 3.36. The van der Waals surface area contributed by atoms with Gasteiger partial charge in [0.2, 0.25) is 0 Å². The highest BCUT2D eigenvalue weighted by Gasteiger charge is 2.65. The number of likely N-dealkylation sites (tertiary alicyclic amines) is 1. The van der Waals surface area contributed by atoms with Gasteiger partial charge in [-0.15, -0.1) is 0 Å². The number of fused-ring (bicyclic) bond motifs is 5. The Hall–Kier alpha value is -1.02. The first-order chi connectivity index (χ1) is 31.9. The summed E-state index contributed by atoms with van der Waals surface area (Å²) in [5, 5.41) is 0. The maximum absolute atomic E-state index is 6.55. The lowest BCUT2D eigenvalue weighted by Crippen LogP contribution is -2.54. The molecule has 1 aliphatic heterocycles. The SMILES string of the molecule is CCCCC/C=C\C/C=C\CCCCCCCCOCC(CN1CCC(OC)CC1)OCCOCCO[C@H]1CC[C@@]2(C)C(=CCC3C2CC[C@@]2(C)C3CC[C@]2(C)C(C)(C)CCCC(C)C)C1. The molecular weight excluding hydrogens is 815 g/mol. The largest absolute Gasteiger partial charge is 0.381 e. The first kappa shape index (κ1) is 55.9. The highest BCUT2D eigenvalue weighted by molar-refractivity contribution is 5.26. The summed E-state index contributed by atoms with van der Waals surface area (Å²) in [4.78, 5) is 2.53. The van der Waals surface area contributed by atoms with Crippen LogP contribution in [0.4, 0.5) is 0 Å². The minimum absolute atomic E-state index is 0.0657. The van der Waals surface area contributed by atoms with E-state index in [1.807, 2.05) is 7.11 Å². The highest BCUT2D eigenvalue weighted by Crippen LogP contribution is 2.73. The second-order valence-corrected chi connectivity index (χ2v) is 24.0. The van der Waals surface area contributed by atoms with Crippen LogP contribution in [0.25, 0.3) is 0 Å². The molecule has 382 valence electrons. The van der Waals surface area contributed by atoms with E-state index < -0.39 is 0 Å². The molecule has 5 aliphatic rings. The Morgan fingerprint density at radius 3 is 2.15 bits per heavy atom. The van der Waals surface area contributed by atoms with Gasteiger partial charge >= 0.3 is 0 Å². The van der Waals surface area contributed by atoms with Crippen LogP contribution in [0, 0.1) is 45.3 Å². The average Bonchev–Trinajstić information content (AvgIpc) is 3.59. The Labute approximate surface area is 409 Å². The highest BCUT2D eigenvalue weighted by atomic mass is 16.6. The second kappa shape index (κ2) is 28.7. The van der Waals surface area contributed by atoms with Crippen LogP contribution in [-0.4, -0.2) is 89.6 Å². The smallest absolute Gasteiger partial charge is 0.0936 e. The van der Waals surface area contributed by atoms with Crippen molar-refractivity contribution in [2.24, 2.45) is 45.3 Å². The number of nitrogens with zero attached hydrogens (tertiary/aromatic N) is 1. The van der Waals surface area contributed by atoms with Crippen molar-refractivity contribution in [2.75, 3.05) is 66.4 Å². The van der Waals surface area contributed by atoms with E-state index in [0.717, 1.165) is 82.0 Å². The van der Waals surface area contributed by atoms with E-state index in [1.165, 1.54) is 128 Å². The molecule has 1 heterocycles. The van der Waals surface area contributed by atoms with Crippen LogP contribution in [0.3, 0.4) is 0 Å². The number of rotatable bonds is 33. The standard InChI is InChI=1S/C60H107NO5/c1-10-11-12-13-14-15-16-17-18-19-20-21-22-23-24-25-41-64-48-53(47-61-39-33-51(62-9)34-40-61)66-45-43-63-42-44-65-52-30-36-58(6)50(46-52)28-29-54-55(58)31-37-59(7)56(54)32-38-60(59,8)57(4,5)35-26-27-49(2)3/h14-15,17-18,28,49,51-56H,10-13,16,19-27,29-48H2,1-9H3/b15-14-,18-17-/t52-,53?,54?,55?,56?,58-,59-,60+/m0/s1. The zero-order valence-corrected chi connectivity index (χ0v) is 45.0. The van der Waals surface area contributed by atoms with Crippen LogP contribution in [0.2, 0.25) is 0 Å². The van der Waals surface area contributed by atoms with Gasteiger partial charge in [0.05, 0.1) is 51.3 Å². The number of unbranched alkanes of at least 4 members (excludes halogenated alkanes) is 9. The summed E-state index contributed by atoms with van der Waals surface area (Å²) in [6.45, 7) is 27.4. The third-order valence-electron chi connectivity index (χ3n) is 19.0. The molecule has 8 atom stereocenters. The monoisotopic (exact) mass is 922 g/mol. The van der Waals surface area contributed by atoms with Crippen molar-refractivity contribution in [3.63, 3.8) is 0 Å². The van der Waals surface area contributed by atoms with Crippen LogP contribution in [0.1, 0.15) is 216 Å². The molecule has 0 aromatic rings. The molecule has 1 saturated heterocycles. The van der Waals surface area contributed by atoms with Crippen molar-refractivity contribution < 1.29 is 23.7 Å². The van der Waals surface area contributed by atoms with Crippen molar-refractivity contribution in [3.8, 4) is 0 Å². The van der Waals surface area contributed by atoms with Crippen molar-refractivity contribution in [1.82, 2.24) is 4.90 Å². The summed E-state index contributed by atoms with van der Waals surface area (Å²) in [6.07, 6.45) is 45.0. The van der Waals surface area contributed by atoms with Crippen molar-refractivity contribution >= 4 is 0 Å². The number of methoxy groups -OCH3 is 1. The van der Waals surface area contributed by atoms with E-state index >= 15 is 0 Å². The zero-order valence-electron chi connectivity index (χ0n) is 45.0. The van der Waals surface area contributed by atoms with E-state index in [-0.39, 0.29) is 6.10 Å². The predicted molar refractivity (Wildman–Crippen MR) is 279 cm³/mol. The van der Waals surface area contributed by atoms with Crippen LogP contribution in [-0.2, 0) is 23.7 Å². The number of hydrogen-bond acceptors (Lipinski definition) is 6. The summed E-state index contributed by atoms with van der Waals surface area (Å²) in [7, 11) is 1.84. The zero-order chi connectivity index (χ0) is 47.3. The molecule has 0 amide bonds. The van der Waals surface area contributed by atoms with E-state index in [2.05, 4.69) is 90.7 Å². The van der Waals surface area contributed by atoms with Gasteiger partial charge in [-0.05, 0) is 154 Å². The molecule has 4 fully saturated rings. The van der Waals surface area contributed by atoms with E-state index in [0.29, 0.717) is 66.9 Å². The number of ether oxygens (including phenoxy) is 5. The molecule has 0 aromatic heterocycles. The van der Waals surface area contributed by atoms with Crippen LogP contribution >= 0.6 is 0 Å². The van der Waals surface area contributed by atoms with Crippen LogP contribution in [0.5, 0.6) is 0 Å². The third-order valence-corrected chi connectivity index (χ3v) is 19.0. The average molecular weight is 923 g/mol. The Balaban J connectivity index is 0.950. The molecule has 5 rings (SSSR count). The van der Waals surface area contributed by atoms with Gasteiger partial charge in [0.1, 0.15) is 0 Å². The van der Waals surface area contributed by atoms with Gasteiger partial charge in [-0.3, -0.25) is 0 Å². The van der Waals surface area contributed by atoms with Crippen LogP contribution in [0.15, 0.2) is 36.0 Å². The van der Waals surface area contributed by atoms with Gasteiger partial charge in [0, 0.05) is 33.4 Å². The molecule has 6 nitrogen and oxygen atoms in total. The summed E-state index contributed by atoms with van der Waals surface area (Å²) < 4.78 is 31.0. The molecule has 0 radical (unpaired) electrons. The molecule has 6 heteroatoms. The Morgan fingerprint density at radius 2 is 1.42 bits per heavy atom. The van der Waals surface area contributed by atoms with E-state index in [1.54, 1.807) is 5.57 Å². The summed E-state index contributed by atoms with van der Waals surface area (Å²) >= 11 is 0. The van der Waals surface area contributed by atoms with Gasteiger partial charge in [-0.2, -0.15) is 0 Å². The maximum Gasteiger partial charge on any atom is 0.0936 e. The van der Waals surface area contributed by atoms with Crippen LogP contribution < -0.4 is 0 Å². The molecule has 0 aromatic carbocycles. The second-order valence-electron chi connectivity index (χ2n) is 24.0. The number of hydrogen-bond donors (Lipinski definition) is 0. The molecule has 66 heavy (non-hydrogen) atoms. The van der Waals surface area contributed by atoms with Gasteiger partial charge in [0.25, 0.3) is 0 Å². The minimum atomic E-state index is 0.0657. The van der Waals surface area contributed by atoms with Gasteiger partial charge < -0.3 is 28.6 Å². The molecule has 0 bridgehead atoms. The van der Waals surface area contributed by atoms with Crippen molar-refractivity contribution in [2.45, 2.75) is 234 Å². The normalized spacial score (nSPS) is 30.3. The van der Waals surface area contributed by atoms with Crippen molar-refractivity contribution in [3.05, 3.63) is 36.0 Å². The molecular formula is C60H107NO5. The minimum Gasteiger partial charge on any atom is -0.381 e. The molecule has 0 spiro atoms. The lowest BCUT2D eigenvalue weighted by Gasteiger charge is -2.62. The fourth-order valence-electron chi connectivity index (χ4n) is 14.2. The summed E-state index contributed by atoms with van der Waals surface area (Å²) in [5.74, 6) is 3.38. The van der Waals surface area contributed by atoms with Gasteiger partial charge in [-0.25, -0.2) is 0 Å². The first-order valence-electron chi connectivity index (χ1n) is 28.5. The molecule has 3 saturated carbocycles. The van der Waals surface area contributed by atoms with E-state index in [9.17, 15) is 0 Å². The maximum atomic E-state index is 6.55. The lowest BCUT2D eigenvalue weighted by molar-refractivity contribution is -0.115. The summed E-state index contributed by atoms with van der Waals surface area (Å²) in [6, 6.07) is 0. The predicted octanol–water partition coefficient (Wildman–Crippen LogP) is 15.5. The Kier molecular flexibility index (Phi) is 24.3. The topological polar surface area (TPSA) is 49.4 Å². The fraction of sp³-hybridized carbons (Fsp3) is 0.900. The number of piperidine rings is 1. The van der Waals surface area contributed by atoms with Gasteiger partial charge in [0.15, 0.2) is 0 Å². The quantitative estimate of drug-likeness (QED) is 0.0483. The van der Waals surface area contributed by atoms with Gasteiger partial charge in [-0.1, -0.05) is 143 Å². The number of allylic oxidation sites excluding steroid dienone is 5. The molecule has 0 N–H and O–H groups in total. The fourth-order valence-corrected chi connectivity index (χ4v) is 14.2. The third kappa shape index (κ3) is 16.0. The first-order valence-corrected chi connectivity index (χ1v) is 28.5. The Bertz CT molecular complexity index is 1410. The molecule has 4 unspecified atom stereocenters. The Morgan fingerprint density at radius 1 is 0.727 bits per heavy atom. The van der Waals surface area contributed by atoms with E-state index in [4.69, 9.17) is 23.7 Å². The molecule has 4 aliphatic carbocycles. The lowest BCUT2D eigenvalue weighted by atomic mass is 9.43.